The van der Waals surface area contributed by atoms with Crippen molar-refractivity contribution in [2.45, 2.75) is 19.8 Å². The molecule has 0 heterocycles. The van der Waals surface area contributed by atoms with Gasteiger partial charge in [0.2, 0.25) is 0 Å². The van der Waals surface area contributed by atoms with Crippen LogP contribution in [0.25, 0.3) is 6.08 Å². The number of carbonyl (C=O) groups excluding carboxylic acids is 1. The van der Waals surface area contributed by atoms with Crippen LogP contribution in [0.4, 0.5) is 10.1 Å². The molecule has 0 aromatic heterocycles. The highest BCUT2D eigenvalue weighted by Crippen LogP contribution is 2.23. The summed E-state index contributed by atoms with van der Waals surface area (Å²) in [5.74, 6) is -0.723. The third kappa shape index (κ3) is 5.65. The third-order valence-corrected chi connectivity index (χ3v) is 5.40. The second kappa shape index (κ2) is 10.00. The van der Waals surface area contributed by atoms with E-state index in [1.54, 1.807) is 12.1 Å². The lowest BCUT2D eigenvalue weighted by Crippen LogP contribution is -2.13. The Morgan fingerprint density at radius 1 is 1.10 bits per heavy atom. The van der Waals surface area contributed by atoms with E-state index in [0.29, 0.717) is 12.1 Å². The monoisotopic (exact) mass is 462 g/mol. The lowest BCUT2D eigenvalue weighted by Gasteiger charge is -2.08. The molecule has 0 aliphatic carbocycles. The average Bonchev–Trinajstić information content (AvgIpc) is 2.74. The van der Waals surface area contributed by atoms with E-state index in [0.717, 1.165) is 27.6 Å². The van der Waals surface area contributed by atoms with Gasteiger partial charge in [-0.3, -0.25) is 4.79 Å². The van der Waals surface area contributed by atoms with Crippen LogP contribution in [0.2, 0.25) is 0 Å². The number of nitriles is 1. The number of benzene rings is 3. The molecule has 3 aromatic carbocycles. The average molecular weight is 463 g/mol. The van der Waals surface area contributed by atoms with E-state index >= 15 is 0 Å². The molecule has 0 aliphatic heterocycles. The number of anilines is 1. The Hall–Kier alpha value is -3.23. The first-order valence-corrected chi connectivity index (χ1v) is 10.3. The van der Waals surface area contributed by atoms with Gasteiger partial charge in [-0.05, 0) is 71.5 Å². The lowest BCUT2D eigenvalue weighted by molar-refractivity contribution is -0.112. The smallest absolute Gasteiger partial charge is 0.266 e. The molecular formula is C25H20BrFN2O. The van der Waals surface area contributed by atoms with Gasteiger partial charge in [0.1, 0.15) is 17.5 Å². The topological polar surface area (TPSA) is 52.9 Å². The maximum Gasteiger partial charge on any atom is 0.266 e. The molecule has 0 bridgehead atoms. The standard InChI is InChI=1S/C25H20BrFN2O/c1-2-17-7-10-23(11-8-17)29-25(30)21(16-28)13-19-6-9-20(24(26)15-19)12-18-4-3-5-22(27)14-18/h3-11,13-15H,2,12H2,1H3,(H,29,30)/b21-13+. The summed E-state index contributed by atoms with van der Waals surface area (Å²) in [7, 11) is 0. The van der Waals surface area contributed by atoms with E-state index in [9.17, 15) is 14.4 Å². The first kappa shape index (κ1) is 21.5. The van der Waals surface area contributed by atoms with E-state index < -0.39 is 5.91 Å². The maximum absolute atomic E-state index is 13.4. The van der Waals surface area contributed by atoms with Crippen molar-refractivity contribution in [1.82, 2.24) is 0 Å². The second-order valence-electron chi connectivity index (χ2n) is 6.83. The van der Waals surface area contributed by atoms with Gasteiger partial charge in [-0.1, -0.05) is 59.3 Å². The summed E-state index contributed by atoms with van der Waals surface area (Å²) in [5.41, 5.74) is 4.40. The van der Waals surface area contributed by atoms with E-state index in [1.807, 2.05) is 54.6 Å². The number of rotatable bonds is 6. The predicted octanol–water partition coefficient (Wildman–Crippen LogP) is 6.29. The van der Waals surface area contributed by atoms with Gasteiger partial charge in [0, 0.05) is 10.2 Å². The molecule has 30 heavy (non-hydrogen) atoms. The molecule has 0 aliphatic rings. The summed E-state index contributed by atoms with van der Waals surface area (Å²) < 4.78 is 14.2. The van der Waals surface area contributed by atoms with Crippen LogP contribution < -0.4 is 5.32 Å². The zero-order chi connectivity index (χ0) is 21.5. The Kier molecular flexibility index (Phi) is 7.16. The quantitative estimate of drug-likeness (QED) is 0.345. The number of hydrogen-bond acceptors (Lipinski definition) is 2. The van der Waals surface area contributed by atoms with Crippen LogP contribution in [0.1, 0.15) is 29.2 Å². The van der Waals surface area contributed by atoms with Crippen LogP contribution >= 0.6 is 15.9 Å². The van der Waals surface area contributed by atoms with Crippen molar-refractivity contribution in [1.29, 1.82) is 5.26 Å². The van der Waals surface area contributed by atoms with Crippen LogP contribution in [-0.4, -0.2) is 5.91 Å². The number of nitrogens with one attached hydrogen (secondary N) is 1. The van der Waals surface area contributed by atoms with Crippen molar-refractivity contribution >= 4 is 33.6 Å². The number of aryl methyl sites for hydroxylation is 1. The summed E-state index contributed by atoms with van der Waals surface area (Å²) in [4.78, 5) is 12.5. The number of nitrogens with zero attached hydrogens (tertiary/aromatic N) is 1. The molecule has 0 unspecified atom stereocenters. The molecule has 1 amide bonds. The number of halogens is 2. The van der Waals surface area contributed by atoms with Gasteiger partial charge in [-0.15, -0.1) is 0 Å². The van der Waals surface area contributed by atoms with Crippen molar-refractivity contribution in [3.8, 4) is 6.07 Å². The molecule has 3 nitrogen and oxygen atoms in total. The molecule has 150 valence electrons. The van der Waals surface area contributed by atoms with Crippen LogP contribution in [-0.2, 0) is 17.6 Å². The SMILES string of the molecule is CCc1ccc(NC(=O)/C(C#N)=C/c2ccc(Cc3cccc(F)c3)c(Br)c2)cc1. The highest BCUT2D eigenvalue weighted by atomic mass is 79.9. The summed E-state index contributed by atoms with van der Waals surface area (Å²) >= 11 is 3.53. The minimum Gasteiger partial charge on any atom is -0.321 e. The van der Waals surface area contributed by atoms with Gasteiger partial charge in [-0.2, -0.15) is 5.26 Å². The zero-order valence-corrected chi connectivity index (χ0v) is 18.0. The van der Waals surface area contributed by atoms with Gasteiger partial charge in [0.25, 0.3) is 5.91 Å². The van der Waals surface area contributed by atoms with Crippen molar-refractivity contribution < 1.29 is 9.18 Å². The predicted molar refractivity (Wildman–Crippen MR) is 121 cm³/mol. The Bertz CT molecular complexity index is 1130. The van der Waals surface area contributed by atoms with Crippen molar-refractivity contribution in [3.05, 3.63) is 105 Å². The molecule has 0 spiro atoms. The van der Waals surface area contributed by atoms with Gasteiger partial charge < -0.3 is 5.32 Å². The Morgan fingerprint density at radius 3 is 2.50 bits per heavy atom. The number of amides is 1. The highest BCUT2D eigenvalue weighted by Gasteiger charge is 2.10. The van der Waals surface area contributed by atoms with Crippen molar-refractivity contribution in [2.24, 2.45) is 0 Å². The Balaban J connectivity index is 1.75. The summed E-state index contributed by atoms with van der Waals surface area (Å²) in [5, 5.41) is 12.2. The maximum atomic E-state index is 13.4. The molecule has 5 heteroatoms. The zero-order valence-electron chi connectivity index (χ0n) is 16.5. The number of carbonyl (C=O) groups is 1. The summed E-state index contributed by atoms with van der Waals surface area (Å²) in [6.07, 6.45) is 3.04. The van der Waals surface area contributed by atoms with E-state index in [4.69, 9.17) is 0 Å². The van der Waals surface area contributed by atoms with Crippen molar-refractivity contribution in [2.75, 3.05) is 5.32 Å². The third-order valence-electron chi connectivity index (χ3n) is 4.66. The van der Waals surface area contributed by atoms with Crippen LogP contribution in [0, 0.1) is 17.1 Å². The van der Waals surface area contributed by atoms with E-state index in [-0.39, 0.29) is 11.4 Å². The lowest BCUT2D eigenvalue weighted by atomic mass is 10.0. The molecule has 0 saturated carbocycles. The molecule has 0 atom stereocenters. The first-order chi connectivity index (χ1) is 14.5. The van der Waals surface area contributed by atoms with Gasteiger partial charge in [-0.25, -0.2) is 4.39 Å². The molecule has 0 saturated heterocycles. The largest absolute Gasteiger partial charge is 0.321 e. The van der Waals surface area contributed by atoms with Crippen LogP contribution in [0.15, 0.2) is 76.8 Å². The second-order valence-corrected chi connectivity index (χ2v) is 7.69. The molecular weight excluding hydrogens is 443 g/mol. The van der Waals surface area contributed by atoms with Gasteiger partial charge >= 0.3 is 0 Å². The molecule has 1 N–H and O–H groups in total. The van der Waals surface area contributed by atoms with Crippen molar-refractivity contribution in [3.63, 3.8) is 0 Å². The number of hydrogen-bond donors (Lipinski definition) is 1. The Morgan fingerprint density at radius 2 is 1.87 bits per heavy atom. The van der Waals surface area contributed by atoms with E-state index in [2.05, 4.69) is 28.2 Å². The molecule has 0 fully saturated rings. The summed E-state index contributed by atoms with van der Waals surface area (Å²) in [6.45, 7) is 2.06. The fourth-order valence-electron chi connectivity index (χ4n) is 3.00. The Labute approximate surface area is 184 Å². The first-order valence-electron chi connectivity index (χ1n) is 9.53. The van der Waals surface area contributed by atoms with Crippen LogP contribution in [0.5, 0.6) is 0 Å². The van der Waals surface area contributed by atoms with Crippen LogP contribution in [0.3, 0.4) is 0 Å². The van der Waals surface area contributed by atoms with Gasteiger partial charge in [0.05, 0.1) is 0 Å². The summed E-state index contributed by atoms with van der Waals surface area (Å²) in [6, 6.07) is 21.6. The molecule has 3 rings (SSSR count). The van der Waals surface area contributed by atoms with E-state index in [1.165, 1.54) is 17.7 Å². The molecule has 3 aromatic rings. The van der Waals surface area contributed by atoms with Gasteiger partial charge in [0.15, 0.2) is 0 Å². The fraction of sp³-hybridized carbons (Fsp3) is 0.120. The molecule has 0 radical (unpaired) electrons. The fourth-order valence-corrected chi connectivity index (χ4v) is 3.54. The minimum absolute atomic E-state index is 0.0133. The highest BCUT2D eigenvalue weighted by molar-refractivity contribution is 9.10. The normalized spacial score (nSPS) is 11.1. The minimum atomic E-state index is -0.457.